The van der Waals surface area contributed by atoms with Crippen molar-refractivity contribution in [3.63, 3.8) is 0 Å². The monoisotopic (exact) mass is 470 g/mol. The van der Waals surface area contributed by atoms with Crippen molar-refractivity contribution in [2.45, 2.75) is 25.9 Å². The Bertz CT molecular complexity index is 1060. The van der Waals surface area contributed by atoms with Crippen LogP contribution in [0, 0.1) is 0 Å². The maximum Gasteiger partial charge on any atom is 0.232 e. The quantitative estimate of drug-likeness (QED) is 0.413. The predicted molar refractivity (Wildman–Crippen MR) is 130 cm³/mol. The molecular formula is C25H27ClN2O3S. The summed E-state index contributed by atoms with van der Waals surface area (Å²) in [5.74, 6) is -0.0118. The third-order valence-corrected chi connectivity index (χ3v) is 6.50. The van der Waals surface area contributed by atoms with Gasteiger partial charge in [0.25, 0.3) is 0 Å². The van der Waals surface area contributed by atoms with Crippen LogP contribution in [-0.4, -0.2) is 32.0 Å². The first-order valence-corrected chi connectivity index (χ1v) is 12.6. The highest BCUT2D eigenvalue weighted by atomic mass is 35.5. The number of hydrogen-bond donors (Lipinski definition) is 0. The van der Waals surface area contributed by atoms with Gasteiger partial charge in [0.05, 0.1) is 11.9 Å². The molecule has 3 aromatic rings. The van der Waals surface area contributed by atoms with Crippen molar-refractivity contribution in [1.29, 1.82) is 0 Å². The average molecular weight is 471 g/mol. The molecule has 0 heterocycles. The lowest BCUT2D eigenvalue weighted by atomic mass is 10.1. The Kier molecular flexibility index (Phi) is 8.31. The number of anilines is 1. The van der Waals surface area contributed by atoms with Crippen LogP contribution in [0.25, 0.3) is 0 Å². The van der Waals surface area contributed by atoms with Gasteiger partial charge in [0.1, 0.15) is 0 Å². The summed E-state index contributed by atoms with van der Waals surface area (Å²) in [6, 6.07) is 26.4. The number of hydrogen-bond acceptors (Lipinski definition) is 3. The van der Waals surface area contributed by atoms with Gasteiger partial charge in [0, 0.05) is 31.1 Å². The Morgan fingerprint density at radius 1 is 0.812 bits per heavy atom. The van der Waals surface area contributed by atoms with E-state index in [-0.39, 0.29) is 18.9 Å². The van der Waals surface area contributed by atoms with Crippen LogP contribution in [0.15, 0.2) is 84.9 Å². The van der Waals surface area contributed by atoms with E-state index >= 15 is 0 Å². The Labute approximate surface area is 195 Å². The van der Waals surface area contributed by atoms with Gasteiger partial charge in [-0.1, -0.05) is 72.3 Å². The van der Waals surface area contributed by atoms with E-state index in [1.54, 1.807) is 24.3 Å². The molecule has 0 atom stereocenters. The molecule has 168 valence electrons. The molecule has 0 aliphatic carbocycles. The molecule has 7 heteroatoms. The van der Waals surface area contributed by atoms with Crippen LogP contribution in [-0.2, 0) is 27.9 Å². The summed E-state index contributed by atoms with van der Waals surface area (Å²) in [5.41, 5.74) is 2.64. The van der Waals surface area contributed by atoms with E-state index in [0.717, 1.165) is 11.1 Å². The molecule has 0 aliphatic heterocycles. The molecule has 0 saturated heterocycles. The van der Waals surface area contributed by atoms with Crippen molar-refractivity contribution < 1.29 is 13.2 Å². The summed E-state index contributed by atoms with van der Waals surface area (Å²) in [6.45, 7) is 1.22. The number of sulfonamides is 1. The van der Waals surface area contributed by atoms with Gasteiger partial charge in [0.2, 0.25) is 15.9 Å². The fraction of sp³-hybridized carbons (Fsp3) is 0.240. The molecule has 0 saturated carbocycles. The second kappa shape index (κ2) is 11.2. The van der Waals surface area contributed by atoms with Crippen molar-refractivity contribution in [3.05, 3.63) is 101 Å². The Morgan fingerprint density at radius 3 is 1.78 bits per heavy atom. The zero-order valence-corrected chi connectivity index (χ0v) is 19.6. The molecule has 0 spiro atoms. The van der Waals surface area contributed by atoms with E-state index in [9.17, 15) is 13.2 Å². The maximum absolute atomic E-state index is 13.1. The van der Waals surface area contributed by atoms with Crippen molar-refractivity contribution in [3.8, 4) is 0 Å². The smallest absolute Gasteiger partial charge is 0.232 e. The molecule has 0 fully saturated rings. The van der Waals surface area contributed by atoms with E-state index < -0.39 is 10.0 Å². The van der Waals surface area contributed by atoms with Gasteiger partial charge in [-0.05, 0) is 41.8 Å². The van der Waals surface area contributed by atoms with Gasteiger partial charge in [-0.15, -0.1) is 0 Å². The number of nitrogens with zero attached hydrogens (tertiary/aromatic N) is 2. The third-order valence-electron chi connectivity index (χ3n) is 5.05. The standard InChI is InChI=1S/C25H27ClN2O3S/c1-32(30,31)28(24-16-14-23(26)15-17-24)18-8-13-25(29)27(19-21-9-4-2-5-10-21)20-22-11-6-3-7-12-22/h2-7,9-12,14-17H,8,13,18-20H2,1H3. The topological polar surface area (TPSA) is 57.7 Å². The minimum Gasteiger partial charge on any atom is -0.334 e. The lowest BCUT2D eigenvalue weighted by Gasteiger charge is -2.25. The van der Waals surface area contributed by atoms with Gasteiger partial charge in [-0.3, -0.25) is 9.10 Å². The number of carbonyl (C=O) groups is 1. The zero-order valence-electron chi connectivity index (χ0n) is 18.0. The lowest BCUT2D eigenvalue weighted by molar-refractivity contribution is -0.132. The number of halogens is 1. The van der Waals surface area contributed by atoms with E-state index in [0.29, 0.717) is 30.2 Å². The summed E-state index contributed by atoms with van der Waals surface area (Å²) in [4.78, 5) is 14.9. The fourth-order valence-electron chi connectivity index (χ4n) is 3.47. The van der Waals surface area contributed by atoms with Gasteiger partial charge in [-0.25, -0.2) is 8.42 Å². The molecular weight excluding hydrogens is 444 g/mol. The number of benzene rings is 3. The summed E-state index contributed by atoms with van der Waals surface area (Å²) in [6.07, 6.45) is 1.83. The summed E-state index contributed by atoms with van der Waals surface area (Å²) < 4.78 is 25.9. The highest BCUT2D eigenvalue weighted by Crippen LogP contribution is 2.21. The molecule has 0 unspecified atom stereocenters. The van der Waals surface area contributed by atoms with E-state index in [2.05, 4.69) is 0 Å². The fourth-order valence-corrected chi connectivity index (χ4v) is 4.56. The summed E-state index contributed by atoms with van der Waals surface area (Å²) in [7, 11) is -3.48. The van der Waals surface area contributed by atoms with E-state index in [1.165, 1.54) is 10.6 Å². The molecule has 0 aromatic heterocycles. The SMILES string of the molecule is CS(=O)(=O)N(CCCC(=O)N(Cc1ccccc1)Cc1ccccc1)c1ccc(Cl)cc1. The normalized spacial score (nSPS) is 11.2. The zero-order chi connectivity index (χ0) is 23.0. The van der Waals surface area contributed by atoms with Crippen molar-refractivity contribution in [1.82, 2.24) is 4.90 Å². The molecule has 3 rings (SSSR count). The largest absolute Gasteiger partial charge is 0.334 e. The Balaban J connectivity index is 1.68. The minimum absolute atomic E-state index is 0.0118. The van der Waals surface area contributed by atoms with Crippen LogP contribution < -0.4 is 4.31 Å². The number of amides is 1. The van der Waals surface area contributed by atoms with Crippen LogP contribution in [0.3, 0.4) is 0 Å². The van der Waals surface area contributed by atoms with Crippen LogP contribution >= 0.6 is 11.6 Å². The summed E-state index contributed by atoms with van der Waals surface area (Å²) in [5, 5.41) is 0.537. The van der Waals surface area contributed by atoms with Crippen LogP contribution in [0.1, 0.15) is 24.0 Å². The van der Waals surface area contributed by atoms with Crippen LogP contribution in [0.4, 0.5) is 5.69 Å². The van der Waals surface area contributed by atoms with E-state index in [1.807, 2.05) is 65.6 Å². The van der Waals surface area contributed by atoms with E-state index in [4.69, 9.17) is 11.6 Å². The highest BCUT2D eigenvalue weighted by molar-refractivity contribution is 7.92. The minimum atomic E-state index is -3.48. The van der Waals surface area contributed by atoms with Gasteiger partial charge in [-0.2, -0.15) is 0 Å². The number of carbonyl (C=O) groups excluding carboxylic acids is 1. The Morgan fingerprint density at radius 2 is 1.31 bits per heavy atom. The molecule has 0 aliphatic rings. The molecule has 0 radical (unpaired) electrons. The number of rotatable bonds is 10. The van der Waals surface area contributed by atoms with Crippen LogP contribution in [0.2, 0.25) is 5.02 Å². The molecule has 32 heavy (non-hydrogen) atoms. The molecule has 3 aromatic carbocycles. The Hall–Kier alpha value is -2.83. The first-order valence-electron chi connectivity index (χ1n) is 10.4. The second-order valence-electron chi connectivity index (χ2n) is 7.64. The third kappa shape index (κ3) is 7.11. The van der Waals surface area contributed by atoms with Gasteiger partial charge < -0.3 is 4.90 Å². The molecule has 5 nitrogen and oxygen atoms in total. The molecule has 0 bridgehead atoms. The van der Waals surface area contributed by atoms with Crippen molar-refractivity contribution in [2.24, 2.45) is 0 Å². The predicted octanol–water partition coefficient (Wildman–Crippen LogP) is 5.12. The highest BCUT2D eigenvalue weighted by Gasteiger charge is 2.19. The van der Waals surface area contributed by atoms with Crippen LogP contribution in [0.5, 0.6) is 0 Å². The lowest BCUT2D eigenvalue weighted by Crippen LogP contribution is -2.33. The van der Waals surface area contributed by atoms with Gasteiger partial charge in [0.15, 0.2) is 0 Å². The molecule has 1 amide bonds. The van der Waals surface area contributed by atoms with Crippen molar-refractivity contribution >= 4 is 33.2 Å². The maximum atomic E-state index is 13.1. The second-order valence-corrected chi connectivity index (χ2v) is 9.98. The van der Waals surface area contributed by atoms with Crippen molar-refractivity contribution in [2.75, 3.05) is 17.1 Å². The molecule has 0 N–H and O–H groups in total. The summed E-state index contributed by atoms with van der Waals surface area (Å²) >= 11 is 5.93. The first kappa shape index (κ1) is 23.8. The first-order chi connectivity index (χ1) is 15.3. The van der Waals surface area contributed by atoms with Gasteiger partial charge >= 0.3 is 0 Å². The average Bonchev–Trinajstić information content (AvgIpc) is 2.77.